The first-order valence-corrected chi connectivity index (χ1v) is 9.10. The van der Waals surface area contributed by atoms with Crippen LogP contribution in [0, 0.1) is 0 Å². The van der Waals surface area contributed by atoms with E-state index in [-0.39, 0.29) is 5.60 Å². The van der Waals surface area contributed by atoms with E-state index in [1.807, 2.05) is 0 Å². The second-order valence-electron chi connectivity index (χ2n) is 6.64. The van der Waals surface area contributed by atoms with Crippen molar-refractivity contribution < 1.29 is 4.74 Å². The number of likely N-dealkylation sites (N-methyl/N-ethyl adjacent to an activating group) is 1. The predicted octanol–water partition coefficient (Wildman–Crippen LogP) is 5.06. The first kappa shape index (κ1) is 18.0. The quantitative estimate of drug-likeness (QED) is 0.535. The van der Waals surface area contributed by atoms with Gasteiger partial charge in [-0.1, -0.05) is 58.8 Å². The molecule has 20 heavy (non-hydrogen) atoms. The molecule has 2 unspecified atom stereocenters. The van der Waals surface area contributed by atoms with Crippen LogP contribution < -0.4 is 5.32 Å². The van der Waals surface area contributed by atoms with Gasteiger partial charge >= 0.3 is 0 Å². The Hall–Kier alpha value is -0.0800. The molecule has 0 aromatic rings. The first-order chi connectivity index (χ1) is 9.73. The minimum atomic E-state index is 0.0798. The summed E-state index contributed by atoms with van der Waals surface area (Å²) in [6.07, 6.45) is 14.8. The van der Waals surface area contributed by atoms with Crippen LogP contribution in [0.15, 0.2) is 0 Å². The summed E-state index contributed by atoms with van der Waals surface area (Å²) >= 11 is 0. The highest BCUT2D eigenvalue weighted by Crippen LogP contribution is 2.30. The summed E-state index contributed by atoms with van der Waals surface area (Å²) in [5.41, 5.74) is 0.0798. The van der Waals surface area contributed by atoms with Crippen molar-refractivity contribution in [1.29, 1.82) is 0 Å². The van der Waals surface area contributed by atoms with Gasteiger partial charge in [0.05, 0.1) is 5.60 Å². The van der Waals surface area contributed by atoms with Gasteiger partial charge in [-0.05, 0) is 39.2 Å². The molecule has 2 heteroatoms. The highest BCUT2D eigenvalue weighted by atomic mass is 16.5. The summed E-state index contributed by atoms with van der Waals surface area (Å²) in [7, 11) is 0. The van der Waals surface area contributed by atoms with E-state index < -0.39 is 0 Å². The Bertz CT molecular complexity index is 223. The lowest BCUT2D eigenvalue weighted by atomic mass is 9.85. The molecule has 0 aromatic heterocycles. The van der Waals surface area contributed by atoms with Crippen LogP contribution in [0.4, 0.5) is 0 Å². The van der Waals surface area contributed by atoms with Crippen molar-refractivity contribution in [2.45, 2.75) is 103 Å². The first-order valence-electron chi connectivity index (χ1n) is 9.10. The Balaban J connectivity index is 2.21. The maximum Gasteiger partial charge on any atom is 0.0806 e. The number of hydrogen-bond acceptors (Lipinski definition) is 2. The summed E-state index contributed by atoms with van der Waals surface area (Å²) in [5.74, 6) is 0. The zero-order chi connectivity index (χ0) is 14.7. The van der Waals surface area contributed by atoms with Crippen molar-refractivity contribution in [3.05, 3.63) is 0 Å². The lowest BCUT2D eigenvalue weighted by molar-refractivity contribution is -0.0901. The van der Waals surface area contributed by atoms with Gasteiger partial charge < -0.3 is 10.1 Å². The predicted molar refractivity (Wildman–Crippen MR) is 88.3 cm³/mol. The molecule has 2 nitrogen and oxygen atoms in total. The van der Waals surface area contributed by atoms with Crippen LogP contribution in [-0.2, 0) is 4.74 Å². The molecule has 1 heterocycles. The smallest absolute Gasteiger partial charge is 0.0806 e. The number of nitrogens with one attached hydrogen (secondary N) is 1. The standard InChI is InChI=1S/C18H37NO/c1-4-6-7-8-9-10-11-14-17(19-5-2)18(3)15-12-13-16-20-18/h17,19H,4-16H2,1-3H3. The van der Waals surface area contributed by atoms with Gasteiger partial charge in [0, 0.05) is 12.6 Å². The molecule has 1 aliphatic rings. The molecular formula is C18H37NO. The Morgan fingerprint density at radius 1 is 1.00 bits per heavy atom. The van der Waals surface area contributed by atoms with Crippen LogP contribution in [0.3, 0.4) is 0 Å². The fourth-order valence-corrected chi connectivity index (χ4v) is 3.41. The summed E-state index contributed by atoms with van der Waals surface area (Å²) in [4.78, 5) is 0. The van der Waals surface area contributed by atoms with Gasteiger partial charge in [0.1, 0.15) is 0 Å². The SMILES string of the molecule is CCCCCCCCCC(NCC)C1(C)CCCCO1. The zero-order valence-corrected chi connectivity index (χ0v) is 14.2. The molecule has 0 radical (unpaired) electrons. The average Bonchev–Trinajstić information content (AvgIpc) is 2.46. The molecule has 0 saturated carbocycles. The van der Waals surface area contributed by atoms with Crippen molar-refractivity contribution in [3.63, 3.8) is 0 Å². The second-order valence-corrected chi connectivity index (χ2v) is 6.64. The number of unbranched alkanes of at least 4 members (excludes halogenated alkanes) is 6. The molecule has 1 fully saturated rings. The molecule has 0 amide bonds. The lowest BCUT2D eigenvalue weighted by Gasteiger charge is -2.41. The second kappa shape index (κ2) is 10.6. The third-order valence-electron chi connectivity index (χ3n) is 4.78. The summed E-state index contributed by atoms with van der Waals surface area (Å²) in [5, 5.41) is 3.68. The molecule has 1 saturated heterocycles. The van der Waals surface area contributed by atoms with E-state index >= 15 is 0 Å². The van der Waals surface area contributed by atoms with E-state index in [1.54, 1.807) is 0 Å². The normalized spacial score (nSPS) is 24.8. The zero-order valence-electron chi connectivity index (χ0n) is 14.2. The maximum atomic E-state index is 6.13. The van der Waals surface area contributed by atoms with Gasteiger partial charge in [-0.25, -0.2) is 0 Å². The van der Waals surface area contributed by atoms with Crippen LogP contribution in [0.2, 0.25) is 0 Å². The van der Waals surface area contributed by atoms with Crippen LogP contribution in [0.1, 0.15) is 91.4 Å². The maximum absolute atomic E-state index is 6.13. The number of rotatable bonds is 11. The molecule has 0 spiro atoms. The summed E-state index contributed by atoms with van der Waals surface area (Å²) < 4.78 is 6.13. The Morgan fingerprint density at radius 3 is 2.30 bits per heavy atom. The Kier molecular flexibility index (Phi) is 9.54. The highest BCUT2D eigenvalue weighted by Gasteiger charge is 2.35. The van der Waals surface area contributed by atoms with Crippen molar-refractivity contribution in [2.75, 3.05) is 13.2 Å². The van der Waals surface area contributed by atoms with E-state index in [9.17, 15) is 0 Å². The molecule has 2 atom stereocenters. The van der Waals surface area contributed by atoms with E-state index in [4.69, 9.17) is 4.74 Å². The van der Waals surface area contributed by atoms with Gasteiger partial charge in [0.15, 0.2) is 0 Å². The summed E-state index contributed by atoms with van der Waals surface area (Å²) in [6.45, 7) is 8.83. The Morgan fingerprint density at radius 2 is 1.70 bits per heavy atom. The molecule has 0 aliphatic carbocycles. The lowest BCUT2D eigenvalue weighted by Crippen LogP contribution is -2.52. The van der Waals surface area contributed by atoms with Gasteiger partial charge in [-0.15, -0.1) is 0 Å². The fourth-order valence-electron chi connectivity index (χ4n) is 3.41. The number of ether oxygens (including phenoxy) is 1. The van der Waals surface area contributed by atoms with Crippen LogP contribution in [0.25, 0.3) is 0 Å². The van der Waals surface area contributed by atoms with E-state index in [0.717, 1.165) is 13.2 Å². The highest BCUT2D eigenvalue weighted by molar-refractivity contribution is 4.91. The minimum Gasteiger partial charge on any atom is -0.374 e. The monoisotopic (exact) mass is 283 g/mol. The van der Waals surface area contributed by atoms with Gasteiger partial charge in [-0.2, -0.15) is 0 Å². The molecule has 1 rings (SSSR count). The summed E-state index contributed by atoms with van der Waals surface area (Å²) in [6, 6.07) is 0.545. The van der Waals surface area contributed by atoms with Crippen molar-refractivity contribution in [3.8, 4) is 0 Å². The van der Waals surface area contributed by atoms with Crippen molar-refractivity contribution in [2.24, 2.45) is 0 Å². The number of hydrogen-bond donors (Lipinski definition) is 1. The fraction of sp³-hybridized carbons (Fsp3) is 1.00. The molecule has 1 aliphatic heterocycles. The third-order valence-corrected chi connectivity index (χ3v) is 4.78. The van der Waals surface area contributed by atoms with E-state index in [2.05, 4.69) is 26.1 Å². The molecule has 1 N–H and O–H groups in total. The van der Waals surface area contributed by atoms with Crippen LogP contribution in [-0.4, -0.2) is 24.8 Å². The van der Waals surface area contributed by atoms with Crippen molar-refractivity contribution in [1.82, 2.24) is 5.32 Å². The largest absolute Gasteiger partial charge is 0.374 e. The van der Waals surface area contributed by atoms with Crippen LogP contribution in [0.5, 0.6) is 0 Å². The molecule has 0 bridgehead atoms. The van der Waals surface area contributed by atoms with E-state index in [1.165, 1.54) is 70.6 Å². The topological polar surface area (TPSA) is 21.3 Å². The van der Waals surface area contributed by atoms with Crippen LogP contribution >= 0.6 is 0 Å². The molecule has 0 aromatic carbocycles. The van der Waals surface area contributed by atoms with Crippen molar-refractivity contribution >= 4 is 0 Å². The van der Waals surface area contributed by atoms with E-state index in [0.29, 0.717) is 6.04 Å². The average molecular weight is 284 g/mol. The minimum absolute atomic E-state index is 0.0798. The third kappa shape index (κ3) is 6.58. The Labute approximate surface area is 127 Å². The molecular weight excluding hydrogens is 246 g/mol. The van der Waals surface area contributed by atoms with Gasteiger partial charge in [0.2, 0.25) is 0 Å². The van der Waals surface area contributed by atoms with Gasteiger partial charge in [0.25, 0.3) is 0 Å². The molecule has 120 valence electrons. The van der Waals surface area contributed by atoms with Gasteiger partial charge in [-0.3, -0.25) is 0 Å².